The van der Waals surface area contributed by atoms with Gasteiger partial charge in [-0.3, -0.25) is 0 Å². The topological polar surface area (TPSA) is 19.7 Å². The fraction of sp³-hybridized carbons (Fsp3) is 0. The van der Waals surface area contributed by atoms with Crippen molar-refractivity contribution in [1.82, 2.24) is 18.3 Å². The van der Waals surface area contributed by atoms with Crippen molar-refractivity contribution in [2.75, 3.05) is 0 Å². The molecular weight excluding hydrogens is 753 g/mol. The molecule has 0 saturated carbocycles. The molecule has 4 heterocycles. The second kappa shape index (κ2) is 12.6. The third kappa shape index (κ3) is 4.45. The molecule has 0 N–H and O–H groups in total. The lowest BCUT2D eigenvalue weighted by molar-refractivity contribution is 1.15. The average Bonchev–Trinajstić information content (AvgIpc) is 4.06. The Balaban J connectivity index is 1.09. The molecule has 0 aliphatic rings. The zero-order valence-electron chi connectivity index (χ0n) is 33.6. The van der Waals surface area contributed by atoms with E-state index in [4.69, 9.17) is 0 Å². The normalized spacial score (nSPS) is 12.2. The van der Waals surface area contributed by atoms with Crippen LogP contribution in [0.5, 0.6) is 0 Å². The summed E-state index contributed by atoms with van der Waals surface area (Å²) < 4.78 is 9.92. The van der Waals surface area contributed by atoms with Gasteiger partial charge in [0.05, 0.1) is 55.5 Å². The molecule has 10 aromatic carbocycles. The highest BCUT2D eigenvalue weighted by molar-refractivity contribution is 6.25. The quantitative estimate of drug-likeness (QED) is 0.169. The van der Waals surface area contributed by atoms with Crippen LogP contribution in [-0.4, -0.2) is 18.3 Å². The zero-order valence-corrected chi connectivity index (χ0v) is 33.6. The number of fused-ring (bicyclic) bond motifs is 14. The van der Waals surface area contributed by atoms with Gasteiger partial charge in [-0.15, -0.1) is 0 Å². The van der Waals surface area contributed by atoms with Crippen molar-refractivity contribution < 1.29 is 0 Å². The van der Waals surface area contributed by atoms with E-state index in [0.29, 0.717) is 0 Å². The van der Waals surface area contributed by atoms with Gasteiger partial charge in [0.2, 0.25) is 0 Å². The van der Waals surface area contributed by atoms with Crippen molar-refractivity contribution in [3.63, 3.8) is 0 Å². The maximum atomic E-state index is 2.53. The van der Waals surface area contributed by atoms with Crippen LogP contribution < -0.4 is 0 Å². The molecule has 4 heteroatoms. The summed E-state index contributed by atoms with van der Waals surface area (Å²) in [5.74, 6) is 0. The highest BCUT2D eigenvalue weighted by Gasteiger charge is 2.24. The molecule has 14 rings (SSSR count). The second-order valence-corrected chi connectivity index (χ2v) is 16.5. The van der Waals surface area contributed by atoms with Gasteiger partial charge in [-0.1, -0.05) is 146 Å². The summed E-state index contributed by atoms with van der Waals surface area (Å²) in [6.07, 6.45) is 0. The number of para-hydroxylation sites is 6. The maximum Gasteiger partial charge on any atom is 0.0789 e. The lowest BCUT2D eigenvalue weighted by atomic mass is 10.1. The van der Waals surface area contributed by atoms with Crippen LogP contribution >= 0.6 is 0 Å². The van der Waals surface area contributed by atoms with E-state index in [1.807, 2.05) is 0 Å². The van der Waals surface area contributed by atoms with E-state index in [0.717, 1.165) is 22.7 Å². The first kappa shape index (κ1) is 33.5. The fourth-order valence-corrected chi connectivity index (χ4v) is 10.8. The Bertz CT molecular complexity index is 4140. The highest BCUT2D eigenvalue weighted by atomic mass is 15.1. The zero-order chi connectivity index (χ0) is 40.5. The van der Waals surface area contributed by atoms with Gasteiger partial charge >= 0.3 is 0 Å². The largest absolute Gasteiger partial charge is 0.309 e. The minimum absolute atomic E-state index is 1.15. The molecule has 0 fully saturated rings. The van der Waals surface area contributed by atoms with E-state index in [9.17, 15) is 0 Å². The molecule has 0 amide bonds. The van der Waals surface area contributed by atoms with Gasteiger partial charge in [0, 0.05) is 65.2 Å². The van der Waals surface area contributed by atoms with Crippen molar-refractivity contribution >= 4 is 98.0 Å². The molecule has 0 spiro atoms. The van der Waals surface area contributed by atoms with Gasteiger partial charge in [0.15, 0.2) is 0 Å². The van der Waals surface area contributed by atoms with E-state index < -0.39 is 0 Å². The first-order valence-electron chi connectivity index (χ1n) is 21.4. The minimum Gasteiger partial charge on any atom is -0.309 e. The van der Waals surface area contributed by atoms with Gasteiger partial charge in [0.1, 0.15) is 0 Å². The molecule has 0 atom stereocenters. The Kier molecular flexibility index (Phi) is 6.80. The standard InChI is InChI=1S/C58H36N4/c1-3-17-37(18-4-1)59-49-27-11-9-23-43(49)47-36-56-48(35-55(47)59)44-24-10-13-29-51(44)61(56)52-31-15-26-40-39(52)25-16-32-54(40)62-53-30-14-8-22-42(53)46-34-33-45-41-21-7-12-28-50(41)60(57(45)58(46)62)38-19-5-2-6-20-38/h1-36H. The van der Waals surface area contributed by atoms with Gasteiger partial charge in [-0.2, -0.15) is 0 Å². The van der Waals surface area contributed by atoms with Crippen LogP contribution in [-0.2, 0) is 0 Å². The molecule has 0 saturated heterocycles. The lowest BCUT2D eigenvalue weighted by Crippen LogP contribution is -2.01. The number of aromatic nitrogens is 4. The summed E-state index contributed by atoms with van der Waals surface area (Å²) in [4.78, 5) is 0. The van der Waals surface area contributed by atoms with E-state index in [1.165, 1.54) is 98.0 Å². The lowest BCUT2D eigenvalue weighted by Gasteiger charge is -2.17. The molecule has 4 nitrogen and oxygen atoms in total. The first-order valence-corrected chi connectivity index (χ1v) is 21.4. The third-order valence-electron chi connectivity index (χ3n) is 13.3. The monoisotopic (exact) mass is 788 g/mol. The van der Waals surface area contributed by atoms with Crippen molar-refractivity contribution in [1.29, 1.82) is 0 Å². The molecule has 4 aromatic heterocycles. The highest BCUT2D eigenvalue weighted by Crippen LogP contribution is 2.45. The van der Waals surface area contributed by atoms with Crippen LogP contribution in [0.3, 0.4) is 0 Å². The van der Waals surface area contributed by atoms with Crippen molar-refractivity contribution in [2.24, 2.45) is 0 Å². The minimum atomic E-state index is 1.15. The molecular formula is C58H36N4. The van der Waals surface area contributed by atoms with E-state index in [2.05, 4.69) is 237 Å². The molecule has 62 heavy (non-hydrogen) atoms. The van der Waals surface area contributed by atoms with Crippen LogP contribution in [0.2, 0.25) is 0 Å². The van der Waals surface area contributed by atoms with E-state index in [1.54, 1.807) is 0 Å². The first-order chi connectivity index (χ1) is 30.8. The van der Waals surface area contributed by atoms with E-state index in [-0.39, 0.29) is 0 Å². The van der Waals surface area contributed by atoms with Crippen LogP contribution in [0.4, 0.5) is 0 Å². The van der Waals surface area contributed by atoms with Gasteiger partial charge in [0.25, 0.3) is 0 Å². The van der Waals surface area contributed by atoms with Gasteiger partial charge in [-0.25, -0.2) is 0 Å². The molecule has 288 valence electrons. The van der Waals surface area contributed by atoms with Crippen LogP contribution in [0.25, 0.3) is 121 Å². The Morgan fingerprint density at radius 2 is 0.548 bits per heavy atom. The number of nitrogens with zero attached hydrogens (tertiary/aromatic N) is 4. The number of hydrogen-bond donors (Lipinski definition) is 0. The van der Waals surface area contributed by atoms with Crippen LogP contribution in [0, 0.1) is 0 Å². The second-order valence-electron chi connectivity index (χ2n) is 16.5. The summed E-state index contributed by atoms with van der Waals surface area (Å²) in [5, 5.41) is 12.3. The number of benzene rings is 10. The maximum absolute atomic E-state index is 2.53. The predicted molar refractivity (Wildman–Crippen MR) is 261 cm³/mol. The van der Waals surface area contributed by atoms with Crippen LogP contribution in [0.15, 0.2) is 218 Å². The summed E-state index contributed by atoms with van der Waals surface area (Å²) in [7, 11) is 0. The molecule has 0 aliphatic heterocycles. The molecule has 0 bridgehead atoms. The Morgan fingerprint density at radius 3 is 1.08 bits per heavy atom. The van der Waals surface area contributed by atoms with Crippen molar-refractivity contribution in [2.45, 2.75) is 0 Å². The van der Waals surface area contributed by atoms with Crippen LogP contribution in [0.1, 0.15) is 0 Å². The van der Waals surface area contributed by atoms with Crippen molar-refractivity contribution in [3.05, 3.63) is 218 Å². The summed E-state index contributed by atoms with van der Waals surface area (Å²) in [5.41, 5.74) is 14.2. The van der Waals surface area contributed by atoms with Gasteiger partial charge in [-0.05, 0) is 72.8 Å². The smallest absolute Gasteiger partial charge is 0.0789 e. The summed E-state index contributed by atoms with van der Waals surface area (Å²) in [6.45, 7) is 0. The Hall–Kier alpha value is -8.34. The molecule has 0 unspecified atom stereocenters. The summed E-state index contributed by atoms with van der Waals surface area (Å²) in [6, 6.07) is 80.2. The average molecular weight is 789 g/mol. The van der Waals surface area contributed by atoms with Crippen molar-refractivity contribution in [3.8, 4) is 22.7 Å². The van der Waals surface area contributed by atoms with Gasteiger partial charge < -0.3 is 18.3 Å². The Labute approximate surface area is 355 Å². The number of rotatable bonds is 4. The molecule has 0 aliphatic carbocycles. The summed E-state index contributed by atoms with van der Waals surface area (Å²) >= 11 is 0. The predicted octanol–water partition coefficient (Wildman–Crippen LogP) is 15.2. The molecule has 0 radical (unpaired) electrons. The molecule has 14 aromatic rings. The third-order valence-corrected chi connectivity index (χ3v) is 13.3. The Morgan fingerprint density at radius 1 is 0.194 bits per heavy atom. The SMILES string of the molecule is c1ccc(-n2c3ccccc3c3cc4c(cc32)c2ccccc2n4-c2cccc3c(-n4c5ccccc5c5ccc6c7ccccc7n(-c7ccccc7)c6c54)cccc23)cc1. The fourth-order valence-electron chi connectivity index (χ4n) is 10.8. The number of hydrogen-bond acceptors (Lipinski definition) is 0. The van der Waals surface area contributed by atoms with E-state index >= 15 is 0 Å².